The zero-order chi connectivity index (χ0) is 25.9. The number of anilines is 1. The zero-order valence-electron chi connectivity index (χ0n) is 20.1. The van der Waals surface area contributed by atoms with Gasteiger partial charge in [0.25, 0.3) is 0 Å². The number of halogens is 3. The van der Waals surface area contributed by atoms with E-state index in [1.165, 1.54) is 0 Å². The Morgan fingerprint density at radius 2 is 1.86 bits per heavy atom. The van der Waals surface area contributed by atoms with Crippen LogP contribution < -0.4 is 14.8 Å². The molecule has 2 aromatic carbocycles. The van der Waals surface area contributed by atoms with E-state index < -0.39 is 12.6 Å². The molecule has 9 heteroatoms. The third-order valence-corrected chi connectivity index (χ3v) is 5.73. The van der Waals surface area contributed by atoms with E-state index in [1.807, 2.05) is 26.0 Å². The maximum atomic E-state index is 12.8. The van der Waals surface area contributed by atoms with Crippen LogP contribution in [0.15, 0.2) is 60.9 Å². The molecular weight excluding hydrogens is 471 g/mol. The number of carbonyl (C=O) groups excluding carboxylic acids is 1. The van der Waals surface area contributed by atoms with Crippen LogP contribution in [0.25, 0.3) is 16.9 Å². The van der Waals surface area contributed by atoms with E-state index >= 15 is 0 Å². The Hall–Kier alpha value is -4.01. The lowest BCUT2D eigenvalue weighted by Gasteiger charge is -2.14. The standard InChI is InChI=1S/C27H26F3N3O3/c1-4-25(34)22-9-8-18(12-17(22)2)24-15-32-26-23(31-11-10-27(28,29)30)14-21(16-33(24)26)36-20-7-5-6-19(13-20)35-3/h5-9,12-16,31H,4,10-11H2,1-3H3. The molecule has 4 aromatic rings. The summed E-state index contributed by atoms with van der Waals surface area (Å²) in [6, 6.07) is 14.2. The van der Waals surface area contributed by atoms with Crippen LogP contribution in [0.5, 0.6) is 17.2 Å². The average Bonchev–Trinajstić information content (AvgIpc) is 3.27. The van der Waals surface area contributed by atoms with Gasteiger partial charge in [0.2, 0.25) is 0 Å². The second kappa shape index (κ2) is 10.3. The quantitative estimate of drug-likeness (QED) is 0.251. The molecule has 2 aromatic heterocycles. The molecule has 6 nitrogen and oxygen atoms in total. The minimum Gasteiger partial charge on any atom is -0.497 e. The molecule has 2 heterocycles. The van der Waals surface area contributed by atoms with E-state index in [2.05, 4.69) is 10.3 Å². The molecule has 1 N–H and O–H groups in total. The van der Waals surface area contributed by atoms with Crippen molar-refractivity contribution >= 4 is 17.1 Å². The van der Waals surface area contributed by atoms with Crippen molar-refractivity contribution in [1.82, 2.24) is 9.38 Å². The Morgan fingerprint density at radius 3 is 2.56 bits per heavy atom. The summed E-state index contributed by atoms with van der Waals surface area (Å²) in [5, 5.41) is 2.85. The number of benzene rings is 2. The van der Waals surface area contributed by atoms with Gasteiger partial charge in [0.15, 0.2) is 11.4 Å². The van der Waals surface area contributed by atoms with Gasteiger partial charge in [-0.25, -0.2) is 4.98 Å². The summed E-state index contributed by atoms with van der Waals surface area (Å²) in [6.07, 6.45) is -1.48. The van der Waals surface area contributed by atoms with Crippen LogP contribution in [-0.2, 0) is 0 Å². The van der Waals surface area contributed by atoms with Gasteiger partial charge in [-0.15, -0.1) is 0 Å². The van der Waals surface area contributed by atoms with Gasteiger partial charge in [-0.2, -0.15) is 13.2 Å². The highest BCUT2D eigenvalue weighted by Gasteiger charge is 2.26. The first kappa shape index (κ1) is 25.1. The van der Waals surface area contributed by atoms with Crippen LogP contribution in [0.1, 0.15) is 35.7 Å². The first-order chi connectivity index (χ1) is 17.2. The van der Waals surface area contributed by atoms with Gasteiger partial charge in [-0.1, -0.05) is 25.1 Å². The average molecular weight is 498 g/mol. The number of pyridine rings is 1. The molecule has 36 heavy (non-hydrogen) atoms. The van der Waals surface area contributed by atoms with Gasteiger partial charge in [0.05, 0.1) is 37.3 Å². The molecule has 0 saturated carbocycles. The van der Waals surface area contributed by atoms with E-state index in [0.717, 1.165) is 11.1 Å². The van der Waals surface area contributed by atoms with Crippen LogP contribution in [0, 0.1) is 6.92 Å². The Morgan fingerprint density at radius 1 is 1.08 bits per heavy atom. The number of carbonyl (C=O) groups is 1. The molecule has 4 rings (SSSR count). The number of aromatic nitrogens is 2. The first-order valence-corrected chi connectivity index (χ1v) is 11.5. The highest BCUT2D eigenvalue weighted by atomic mass is 19.4. The van der Waals surface area contributed by atoms with E-state index in [1.54, 1.807) is 60.3 Å². The summed E-state index contributed by atoms with van der Waals surface area (Å²) >= 11 is 0. The smallest absolute Gasteiger partial charge is 0.390 e. The highest BCUT2D eigenvalue weighted by molar-refractivity contribution is 5.97. The summed E-state index contributed by atoms with van der Waals surface area (Å²) in [4.78, 5) is 16.7. The third-order valence-electron chi connectivity index (χ3n) is 5.73. The molecule has 0 aliphatic carbocycles. The van der Waals surface area contributed by atoms with Gasteiger partial charge in [0, 0.05) is 36.2 Å². The third kappa shape index (κ3) is 5.62. The van der Waals surface area contributed by atoms with Crippen LogP contribution in [-0.4, -0.2) is 35.0 Å². The van der Waals surface area contributed by atoms with Gasteiger partial charge in [0.1, 0.15) is 17.2 Å². The monoisotopic (exact) mass is 497 g/mol. The lowest BCUT2D eigenvalue weighted by atomic mass is 9.99. The minimum absolute atomic E-state index is 0.0577. The molecule has 0 unspecified atom stereocenters. The predicted octanol–water partition coefficient (Wildman–Crippen LogP) is 7.07. The normalized spacial score (nSPS) is 11.5. The maximum absolute atomic E-state index is 12.8. The van der Waals surface area contributed by atoms with Crippen molar-refractivity contribution in [3.63, 3.8) is 0 Å². The van der Waals surface area contributed by atoms with E-state index in [-0.39, 0.29) is 12.3 Å². The fourth-order valence-electron chi connectivity index (χ4n) is 3.93. The molecule has 0 saturated heterocycles. The number of Topliss-reactive ketones (excluding diaryl/α,β-unsaturated/α-hetero) is 1. The molecule has 0 aliphatic heterocycles. The summed E-state index contributed by atoms with van der Waals surface area (Å²) in [5.74, 6) is 1.58. The number of hydrogen-bond donors (Lipinski definition) is 1. The topological polar surface area (TPSA) is 64.9 Å². The lowest BCUT2D eigenvalue weighted by molar-refractivity contribution is -0.131. The number of nitrogens with one attached hydrogen (secondary N) is 1. The Labute approximate surface area is 206 Å². The van der Waals surface area contributed by atoms with Gasteiger partial charge < -0.3 is 14.8 Å². The number of rotatable bonds is 9. The highest BCUT2D eigenvalue weighted by Crippen LogP contribution is 2.33. The number of methoxy groups -OCH3 is 1. The number of aryl methyl sites for hydroxylation is 1. The van der Waals surface area contributed by atoms with Crippen molar-refractivity contribution in [1.29, 1.82) is 0 Å². The summed E-state index contributed by atoms with van der Waals surface area (Å²) in [5.41, 5.74) is 3.87. The number of ether oxygens (including phenoxy) is 2. The summed E-state index contributed by atoms with van der Waals surface area (Å²) < 4.78 is 51.3. The molecule has 0 amide bonds. The molecule has 188 valence electrons. The Bertz CT molecular complexity index is 1400. The van der Waals surface area contributed by atoms with Crippen molar-refractivity contribution in [3.05, 3.63) is 72.1 Å². The fraction of sp³-hybridized carbons (Fsp3) is 0.259. The van der Waals surface area contributed by atoms with E-state index in [0.29, 0.717) is 46.3 Å². The van der Waals surface area contributed by atoms with Gasteiger partial charge in [-0.05, 0) is 30.7 Å². The Balaban J connectivity index is 1.77. The molecule has 0 bridgehead atoms. The molecular formula is C27H26F3N3O3. The molecule has 0 fully saturated rings. The number of hydrogen-bond acceptors (Lipinski definition) is 5. The van der Waals surface area contributed by atoms with Crippen molar-refractivity contribution in [2.45, 2.75) is 32.9 Å². The number of alkyl halides is 3. The van der Waals surface area contributed by atoms with Crippen molar-refractivity contribution in [2.75, 3.05) is 19.0 Å². The largest absolute Gasteiger partial charge is 0.497 e. The SMILES string of the molecule is CCC(=O)c1ccc(-c2cnc3c(NCCC(F)(F)F)cc(Oc4cccc(OC)c4)cn23)cc1C. The number of fused-ring (bicyclic) bond motifs is 1. The van der Waals surface area contributed by atoms with Crippen LogP contribution >= 0.6 is 0 Å². The van der Waals surface area contributed by atoms with Crippen LogP contribution in [0.3, 0.4) is 0 Å². The number of imidazole rings is 1. The second-order valence-electron chi connectivity index (χ2n) is 8.31. The van der Waals surface area contributed by atoms with Crippen molar-refractivity contribution in [2.24, 2.45) is 0 Å². The predicted molar refractivity (Wildman–Crippen MR) is 132 cm³/mol. The molecule has 0 spiro atoms. The minimum atomic E-state index is -4.28. The molecule has 0 aliphatic rings. The lowest BCUT2D eigenvalue weighted by Crippen LogP contribution is -2.15. The second-order valence-corrected chi connectivity index (χ2v) is 8.31. The fourth-order valence-corrected chi connectivity index (χ4v) is 3.93. The first-order valence-electron chi connectivity index (χ1n) is 11.5. The molecule has 0 atom stereocenters. The molecule has 0 radical (unpaired) electrons. The van der Waals surface area contributed by atoms with Gasteiger partial charge >= 0.3 is 6.18 Å². The Kier molecular flexibility index (Phi) is 7.19. The maximum Gasteiger partial charge on any atom is 0.390 e. The van der Waals surface area contributed by atoms with E-state index in [9.17, 15) is 18.0 Å². The number of ketones is 1. The summed E-state index contributed by atoms with van der Waals surface area (Å²) in [6.45, 7) is 3.38. The zero-order valence-corrected chi connectivity index (χ0v) is 20.1. The van der Waals surface area contributed by atoms with Crippen LogP contribution in [0.4, 0.5) is 18.9 Å². The summed E-state index contributed by atoms with van der Waals surface area (Å²) in [7, 11) is 1.55. The number of nitrogens with zero attached hydrogens (tertiary/aromatic N) is 2. The van der Waals surface area contributed by atoms with Crippen molar-refractivity contribution in [3.8, 4) is 28.5 Å². The van der Waals surface area contributed by atoms with E-state index in [4.69, 9.17) is 9.47 Å². The van der Waals surface area contributed by atoms with Crippen LogP contribution in [0.2, 0.25) is 0 Å². The van der Waals surface area contributed by atoms with Crippen molar-refractivity contribution < 1.29 is 27.4 Å². The van der Waals surface area contributed by atoms with Gasteiger partial charge in [-0.3, -0.25) is 9.20 Å².